The number of likely N-dealkylation sites (tertiary alicyclic amines) is 1. The van der Waals surface area contributed by atoms with E-state index in [0.29, 0.717) is 38.5 Å². The molecule has 0 bridgehead atoms. The number of aryl methyl sites for hydroxylation is 1. The lowest BCUT2D eigenvalue weighted by atomic mass is 9.89. The summed E-state index contributed by atoms with van der Waals surface area (Å²) in [5.41, 5.74) is 2.14. The lowest BCUT2D eigenvalue weighted by Gasteiger charge is -2.37. The number of carbonyl (C=O) groups is 1. The van der Waals surface area contributed by atoms with Gasteiger partial charge in [0.1, 0.15) is 5.75 Å². The summed E-state index contributed by atoms with van der Waals surface area (Å²) in [7, 11) is -3.35. The predicted molar refractivity (Wildman–Crippen MR) is 139 cm³/mol. The van der Waals surface area contributed by atoms with Gasteiger partial charge < -0.3 is 9.64 Å². The van der Waals surface area contributed by atoms with Crippen LogP contribution in [0.4, 0.5) is 0 Å². The highest BCUT2D eigenvalue weighted by Gasteiger charge is 2.34. The number of sulfonamides is 1. The number of piperidine rings is 2. The number of hydrogen-bond acceptors (Lipinski definition) is 4. The van der Waals surface area contributed by atoms with Gasteiger partial charge in [-0.15, -0.1) is 0 Å². The number of hydrogen-bond donors (Lipinski definition) is 0. The number of ether oxygens (including phenoxy) is 1. The van der Waals surface area contributed by atoms with Gasteiger partial charge in [0.15, 0.2) is 0 Å². The molecule has 0 spiro atoms. The summed E-state index contributed by atoms with van der Waals surface area (Å²) in [5, 5.41) is 0. The Morgan fingerprint density at radius 3 is 2.17 bits per heavy atom. The summed E-state index contributed by atoms with van der Waals surface area (Å²) >= 11 is 0. The molecule has 2 heterocycles. The van der Waals surface area contributed by atoms with E-state index >= 15 is 0 Å². The lowest BCUT2D eigenvalue weighted by molar-refractivity contribution is -0.138. The molecule has 0 radical (unpaired) electrons. The van der Waals surface area contributed by atoms with Crippen molar-refractivity contribution in [3.05, 3.63) is 65.7 Å². The second-order valence-corrected chi connectivity index (χ2v) is 11.8. The predicted octanol–water partition coefficient (Wildman–Crippen LogP) is 4.50. The molecule has 35 heavy (non-hydrogen) atoms. The van der Waals surface area contributed by atoms with E-state index in [1.165, 1.54) is 5.56 Å². The van der Waals surface area contributed by atoms with Crippen LogP contribution in [0.25, 0.3) is 0 Å². The Hall–Kier alpha value is -2.38. The Bertz CT molecular complexity index is 1040. The van der Waals surface area contributed by atoms with E-state index in [1.54, 1.807) is 4.31 Å². The van der Waals surface area contributed by atoms with Crippen LogP contribution < -0.4 is 4.74 Å². The fraction of sp³-hybridized carbons (Fsp3) is 0.536. The maximum absolute atomic E-state index is 13.1. The average Bonchev–Trinajstić information content (AvgIpc) is 2.89. The number of carbonyl (C=O) groups excluding carboxylic acids is 1. The van der Waals surface area contributed by atoms with Crippen LogP contribution in [-0.4, -0.2) is 56.3 Å². The van der Waals surface area contributed by atoms with Gasteiger partial charge in [0.25, 0.3) is 0 Å². The van der Waals surface area contributed by atoms with Crippen LogP contribution in [0.15, 0.2) is 54.6 Å². The van der Waals surface area contributed by atoms with Crippen molar-refractivity contribution in [1.29, 1.82) is 0 Å². The van der Waals surface area contributed by atoms with E-state index in [0.717, 1.165) is 50.1 Å². The Morgan fingerprint density at radius 2 is 1.54 bits per heavy atom. The number of amides is 1. The van der Waals surface area contributed by atoms with Gasteiger partial charge in [-0.1, -0.05) is 42.5 Å². The minimum absolute atomic E-state index is 0.0244. The van der Waals surface area contributed by atoms with Crippen molar-refractivity contribution in [3.63, 3.8) is 0 Å². The third-order valence-electron chi connectivity index (χ3n) is 7.39. The van der Waals surface area contributed by atoms with Gasteiger partial charge >= 0.3 is 0 Å². The molecule has 0 aromatic heterocycles. The summed E-state index contributed by atoms with van der Waals surface area (Å²) in [5.74, 6) is 1.75. The van der Waals surface area contributed by atoms with Crippen molar-refractivity contribution in [2.45, 2.75) is 51.2 Å². The SMILES string of the molecule is CCOc1ccc(CCC2CCN(C(=O)C3CCN(S(=O)(=O)Cc4ccccc4)CC3)CC2)cc1. The van der Waals surface area contributed by atoms with E-state index in [4.69, 9.17) is 4.74 Å². The molecule has 190 valence electrons. The molecule has 0 saturated carbocycles. The van der Waals surface area contributed by atoms with E-state index in [2.05, 4.69) is 12.1 Å². The molecule has 2 aromatic rings. The molecule has 2 aliphatic rings. The van der Waals surface area contributed by atoms with Crippen LogP contribution in [0.2, 0.25) is 0 Å². The molecule has 7 heteroatoms. The first-order valence-corrected chi connectivity index (χ1v) is 14.6. The fourth-order valence-corrected chi connectivity index (χ4v) is 6.81. The molecule has 2 saturated heterocycles. The van der Waals surface area contributed by atoms with Crippen LogP contribution in [0.3, 0.4) is 0 Å². The summed E-state index contributed by atoms with van der Waals surface area (Å²) in [6.07, 6.45) is 5.53. The molecule has 2 aliphatic heterocycles. The topological polar surface area (TPSA) is 66.9 Å². The van der Waals surface area contributed by atoms with E-state index in [1.807, 2.05) is 54.3 Å². The molecule has 2 fully saturated rings. The summed E-state index contributed by atoms with van der Waals surface area (Å²) in [6.45, 7) is 5.18. The van der Waals surface area contributed by atoms with E-state index < -0.39 is 10.0 Å². The molecule has 1 amide bonds. The third kappa shape index (κ3) is 7.07. The Kier molecular flexibility index (Phi) is 8.84. The van der Waals surface area contributed by atoms with Crippen LogP contribution in [-0.2, 0) is 27.0 Å². The fourth-order valence-electron chi connectivity index (χ4n) is 5.25. The van der Waals surface area contributed by atoms with Gasteiger partial charge in [0.2, 0.25) is 15.9 Å². The van der Waals surface area contributed by atoms with Crippen molar-refractivity contribution in [3.8, 4) is 5.75 Å². The first-order valence-electron chi connectivity index (χ1n) is 13.0. The largest absolute Gasteiger partial charge is 0.494 e. The molecule has 0 atom stereocenters. The van der Waals surface area contributed by atoms with Crippen molar-refractivity contribution in [2.24, 2.45) is 11.8 Å². The van der Waals surface area contributed by atoms with Gasteiger partial charge in [-0.2, -0.15) is 0 Å². The van der Waals surface area contributed by atoms with Crippen molar-refractivity contribution in [2.75, 3.05) is 32.8 Å². The quantitative estimate of drug-likeness (QED) is 0.511. The zero-order valence-electron chi connectivity index (χ0n) is 20.8. The van der Waals surface area contributed by atoms with Crippen LogP contribution in [0, 0.1) is 11.8 Å². The van der Waals surface area contributed by atoms with Crippen molar-refractivity contribution < 1.29 is 17.9 Å². The van der Waals surface area contributed by atoms with E-state index in [9.17, 15) is 13.2 Å². The monoisotopic (exact) mass is 498 g/mol. The number of rotatable bonds is 9. The first kappa shape index (κ1) is 25.7. The second-order valence-electron chi connectivity index (χ2n) is 9.80. The molecule has 0 N–H and O–H groups in total. The standard InChI is InChI=1S/C28H38N2O4S/c1-2-34-27-12-10-23(11-13-27)8-9-24-14-18-29(19-15-24)28(31)26-16-20-30(21-17-26)35(32,33)22-25-6-4-3-5-7-25/h3-7,10-13,24,26H,2,8-9,14-22H2,1H3. The normalized spacial score (nSPS) is 18.5. The molecule has 4 rings (SSSR count). The average molecular weight is 499 g/mol. The molecule has 0 aliphatic carbocycles. The first-order chi connectivity index (χ1) is 16.9. The second kappa shape index (κ2) is 12.0. The molecular weight excluding hydrogens is 460 g/mol. The Labute approximate surface area is 210 Å². The van der Waals surface area contributed by atoms with Crippen molar-refractivity contribution >= 4 is 15.9 Å². The summed E-state index contributed by atoms with van der Waals surface area (Å²) in [6, 6.07) is 17.7. The van der Waals surface area contributed by atoms with Crippen molar-refractivity contribution in [1.82, 2.24) is 9.21 Å². The minimum Gasteiger partial charge on any atom is -0.494 e. The zero-order valence-corrected chi connectivity index (χ0v) is 21.6. The Morgan fingerprint density at radius 1 is 0.886 bits per heavy atom. The molecule has 0 unspecified atom stereocenters. The van der Waals surface area contributed by atoms with Gasteiger partial charge in [-0.25, -0.2) is 12.7 Å². The highest BCUT2D eigenvalue weighted by atomic mass is 32.2. The molecular formula is C28H38N2O4S. The van der Waals surface area contributed by atoms with Crippen LogP contribution in [0.1, 0.15) is 50.2 Å². The maximum Gasteiger partial charge on any atom is 0.225 e. The molecule has 2 aromatic carbocycles. The van der Waals surface area contributed by atoms with E-state index in [-0.39, 0.29) is 17.6 Å². The minimum atomic E-state index is -3.35. The maximum atomic E-state index is 13.1. The summed E-state index contributed by atoms with van der Waals surface area (Å²) < 4.78 is 32.7. The molecule has 6 nitrogen and oxygen atoms in total. The number of benzene rings is 2. The van der Waals surface area contributed by atoms with Gasteiger partial charge in [-0.3, -0.25) is 4.79 Å². The lowest BCUT2D eigenvalue weighted by Crippen LogP contribution is -2.46. The smallest absolute Gasteiger partial charge is 0.225 e. The Balaban J connectivity index is 1.18. The third-order valence-corrected chi connectivity index (χ3v) is 9.24. The highest BCUT2D eigenvalue weighted by molar-refractivity contribution is 7.88. The van der Waals surface area contributed by atoms with Crippen LogP contribution >= 0.6 is 0 Å². The van der Waals surface area contributed by atoms with Gasteiger partial charge in [0, 0.05) is 32.1 Å². The van der Waals surface area contributed by atoms with Gasteiger partial charge in [-0.05, 0) is 74.6 Å². The van der Waals surface area contributed by atoms with Gasteiger partial charge in [0.05, 0.1) is 12.4 Å². The zero-order chi connectivity index (χ0) is 24.7. The number of nitrogens with zero attached hydrogens (tertiary/aromatic N) is 2. The summed E-state index contributed by atoms with van der Waals surface area (Å²) in [4.78, 5) is 15.1. The van der Waals surface area contributed by atoms with Crippen LogP contribution in [0.5, 0.6) is 5.75 Å². The highest BCUT2D eigenvalue weighted by Crippen LogP contribution is 2.28.